The van der Waals surface area contributed by atoms with E-state index >= 15 is 0 Å². The van der Waals surface area contributed by atoms with Gasteiger partial charge in [0.1, 0.15) is 10.7 Å². The van der Waals surface area contributed by atoms with Crippen LogP contribution in [-0.4, -0.2) is 26.6 Å². The van der Waals surface area contributed by atoms with Crippen LogP contribution in [0.2, 0.25) is 5.15 Å². The molecule has 3 N–H and O–H groups in total. The summed E-state index contributed by atoms with van der Waals surface area (Å²) in [5.41, 5.74) is 9.61. The van der Waals surface area contributed by atoms with Crippen molar-refractivity contribution < 1.29 is 9.59 Å². The number of carbonyl (C=O) groups is 2. The molecule has 0 fully saturated rings. The molecule has 0 spiro atoms. The van der Waals surface area contributed by atoms with Crippen LogP contribution in [0.4, 0.5) is 0 Å². The highest BCUT2D eigenvalue weighted by molar-refractivity contribution is 6.33. The van der Waals surface area contributed by atoms with Crippen LogP contribution in [0.3, 0.4) is 0 Å². The lowest BCUT2D eigenvalue weighted by Gasteiger charge is -2.08. The summed E-state index contributed by atoms with van der Waals surface area (Å²) in [6, 6.07) is 15.7. The van der Waals surface area contributed by atoms with E-state index in [9.17, 15) is 9.59 Å². The lowest BCUT2D eigenvalue weighted by Crippen LogP contribution is -2.42. The van der Waals surface area contributed by atoms with Crippen LogP contribution >= 0.6 is 11.6 Å². The number of amides is 2. The quantitative estimate of drug-likeness (QED) is 0.417. The molecule has 0 aliphatic heterocycles. The van der Waals surface area contributed by atoms with Crippen molar-refractivity contribution in [3.05, 3.63) is 87.8 Å². The van der Waals surface area contributed by atoms with Crippen molar-refractivity contribution in [1.82, 2.24) is 25.6 Å². The van der Waals surface area contributed by atoms with Gasteiger partial charge in [0.2, 0.25) is 5.91 Å². The van der Waals surface area contributed by atoms with Gasteiger partial charge in [-0.2, -0.15) is 5.10 Å². The van der Waals surface area contributed by atoms with Crippen molar-refractivity contribution in [3.8, 4) is 0 Å². The van der Waals surface area contributed by atoms with E-state index in [4.69, 9.17) is 11.6 Å². The first-order chi connectivity index (χ1) is 14.9. The number of para-hydroxylation sites is 1. The molecular formula is C23H22ClN5O2. The molecule has 2 aromatic heterocycles. The van der Waals surface area contributed by atoms with Gasteiger partial charge in [0.15, 0.2) is 0 Å². The second-order valence-electron chi connectivity index (χ2n) is 7.43. The maximum atomic E-state index is 12.6. The van der Waals surface area contributed by atoms with Crippen molar-refractivity contribution in [2.24, 2.45) is 0 Å². The van der Waals surface area contributed by atoms with Crippen molar-refractivity contribution in [2.75, 3.05) is 0 Å². The lowest BCUT2D eigenvalue weighted by atomic mass is 10.1. The van der Waals surface area contributed by atoms with Crippen LogP contribution < -0.4 is 10.9 Å². The number of hydrogen-bond donors (Lipinski definition) is 3. The zero-order valence-corrected chi connectivity index (χ0v) is 18.0. The van der Waals surface area contributed by atoms with Crippen LogP contribution in [0.1, 0.15) is 32.7 Å². The monoisotopic (exact) mass is 435 g/mol. The molecule has 0 saturated carbocycles. The zero-order valence-electron chi connectivity index (χ0n) is 17.2. The third-order valence-corrected chi connectivity index (χ3v) is 5.47. The number of halogens is 1. The number of carbonyl (C=O) groups excluding carboxylic acids is 2. The fourth-order valence-electron chi connectivity index (χ4n) is 3.47. The second-order valence-corrected chi connectivity index (χ2v) is 7.79. The smallest absolute Gasteiger partial charge is 0.274 e. The number of H-pyrrole nitrogens is 1. The summed E-state index contributed by atoms with van der Waals surface area (Å²) in [7, 11) is 0. The molecule has 4 aromatic rings. The van der Waals surface area contributed by atoms with Gasteiger partial charge in [0, 0.05) is 17.1 Å². The van der Waals surface area contributed by atoms with Gasteiger partial charge in [-0.25, -0.2) is 4.68 Å². The second kappa shape index (κ2) is 8.65. The van der Waals surface area contributed by atoms with Crippen LogP contribution in [0, 0.1) is 13.8 Å². The third-order valence-electron chi connectivity index (χ3n) is 5.09. The van der Waals surface area contributed by atoms with Gasteiger partial charge in [-0.3, -0.25) is 20.4 Å². The van der Waals surface area contributed by atoms with Gasteiger partial charge in [-0.15, -0.1) is 0 Å². The Kier molecular flexibility index (Phi) is 5.77. The van der Waals surface area contributed by atoms with Gasteiger partial charge in [0.05, 0.1) is 18.7 Å². The number of nitrogens with zero attached hydrogens (tertiary/aromatic N) is 2. The Hall–Kier alpha value is -3.58. The summed E-state index contributed by atoms with van der Waals surface area (Å²) in [6.45, 7) is 4.17. The molecule has 0 aliphatic rings. The van der Waals surface area contributed by atoms with Crippen LogP contribution in [0.25, 0.3) is 10.9 Å². The number of hydrazine groups is 1. The number of aromatic nitrogens is 3. The summed E-state index contributed by atoms with van der Waals surface area (Å²) in [4.78, 5) is 28.1. The molecule has 0 bridgehead atoms. The van der Waals surface area contributed by atoms with Crippen LogP contribution in [-0.2, 0) is 17.8 Å². The van der Waals surface area contributed by atoms with Crippen LogP contribution in [0.5, 0.6) is 0 Å². The molecular weight excluding hydrogens is 414 g/mol. The van der Waals surface area contributed by atoms with Crippen molar-refractivity contribution in [2.45, 2.75) is 26.8 Å². The van der Waals surface area contributed by atoms with Gasteiger partial charge in [-0.05, 0) is 31.0 Å². The molecule has 2 aromatic carbocycles. The van der Waals surface area contributed by atoms with Crippen LogP contribution in [0.15, 0.2) is 54.7 Å². The molecule has 0 atom stereocenters. The maximum Gasteiger partial charge on any atom is 0.274 e. The van der Waals surface area contributed by atoms with E-state index in [0.717, 1.165) is 27.6 Å². The molecule has 0 aliphatic carbocycles. The third kappa shape index (κ3) is 4.46. The summed E-state index contributed by atoms with van der Waals surface area (Å²) < 4.78 is 1.57. The fourth-order valence-corrected chi connectivity index (χ4v) is 3.79. The molecule has 7 nitrogen and oxygen atoms in total. The number of hydrogen-bond acceptors (Lipinski definition) is 3. The maximum absolute atomic E-state index is 12.6. The molecule has 0 unspecified atom stereocenters. The predicted molar refractivity (Wildman–Crippen MR) is 120 cm³/mol. The highest BCUT2D eigenvalue weighted by Crippen LogP contribution is 2.21. The van der Waals surface area contributed by atoms with E-state index in [1.54, 1.807) is 17.8 Å². The van der Waals surface area contributed by atoms with E-state index in [1.165, 1.54) is 0 Å². The Balaban J connectivity index is 1.40. The number of benzene rings is 2. The standard InChI is InChI=1S/C23H22ClN5O2/c1-14-7-9-16(10-8-14)13-29-22(24)21(15(2)28-29)23(31)27-26-20(30)11-17-12-25-19-6-4-3-5-18(17)19/h3-10,12,25H,11,13H2,1-2H3,(H,26,30)(H,27,31). The highest BCUT2D eigenvalue weighted by atomic mass is 35.5. The molecule has 0 saturated heterocycles. The minimum Gasteiger partial charge on any atom is -0.361 e. The fraction of sp³-hybridized carbons (Fsp3) is 0.174. The topological polar surface area (TPSA) is 91.8 Å². The molecule has 4 rings (SSSR count). The van der Waals surface area contributed by atoms with Gasteiger partial charge >= 0.3 is 0 Å². The Labute approximate surface area is 184 Å². The lowest BCUT2D eigenvalue weighted by molar-refractivity contribution is -0.121. The number of aromatic amines is 1. The van der Waals surface area contributed by atoms with Gasteiger partial charge in [0.25, 0.3) is 5.91 Å². The van der Waals surface area contributed by atoms with E-state index in [0.29, 0.717) is 12.2 Å². The highest BCUT2D eigenvalue weighted by Gasteiger charge is 2.21. The first-order valence-electron chi connectivity index (χ1n) is 9.85. The summed E-state index contributed by atoms with van der Waals surface area (Å²) in [5.74, 6) is -0.844. The Morgan fingerprint density at radius 3 is 2.58 bits per heavy atom. The average Bonchev–Trinajstić information content (AvgIpc) is 3.28. The summed E-state index contributed by atoms with van der Waals surface area (Å²) >= 11 is 6.42. The van der Waals surface area contributed by atoms with E-state index < -0.39 is 5.91 Å². The Morgan fingerprint density at radius 1 is 1.06 bits per heavy atom. The Bertz CT molecular complexity index is 1260. The first-order valence-corrected chi connectivity index (χ1v) is 10.2. The van der Waals surface area contributed by atoms with Gasteiger partial charge in [-0.1, -0.05) is 59.6 Å². The normalized spacial score (nSPS) is 10.9. The zero-order chi connectivity index (χ0) is 22.0. The van der Waals surface area contributed by atoms with Crippen molar-refractivity contribution in [1.29, 1.82) is 0 Å². The van der Waals surface area contributed by atoms with Crippen molar-refractivity contribution in [3.63, 3.8) is 0 Å². The molecule has 31 heavy (non-hydrogen) atoms. The number of fused-ring (bicyclic) bond motifs is 1. The largest absolute Gasteiger partial charge is 0.361 e. The van der Waals surface area contributed by atoms with Gasteiger partial charge < -0.3 is 4.98 Å². The molecule has 2 amide bonds. The molecule has 2 heterocycles. The minimum atomic E-state index is -0.509. The number of rotatable bonds is 5. The Morgan fingerprint density at radius 2 is 1.81 bits per heavy atom. The summed E-state index contributed by atoms with van der Waals surface area (Å²) in [6.07, 6.45) is 1.92. The average molecular weight is 436 g/mol. The number of aryl methyl sites for hydroxylation is 2. The predicted octanol–water partition coefficient (Wildman–Crippen LogP) is 3.69. The molecule has 8 heteroatoms. The minimum absolute atomic E-state index is 0.129. The molecule has 158 valence electrons. The van der Waals surface area contributed by atoms with Crippen molar-refractivity contribution >= 4 is 34.3 Å². The van der Waals surface area contributed by atoms with E-state index in [1.807, 2.05) is 55.5 Å². The summed E-state index contributed by atoms with van der Waals surface area (Å²) in [5, 5.41) is 5.57. The first kappa shape index (κ1) is 20.7. The van der Waals surface area contributed by atoms with E-state index in [2.05, 4.69) is 20.9 Å². The SMILES string of the molecule is Cc1ccc(Cn2nc(C)c(C(=O)NNC(=O)Cc3c[nH]c4ccccc34)c2Cl)cc1. The number of nitrogens with one attached hydrogen (secondary N) is 3. The van der Waals surface area contributed by atoms with E-state index in [-0.39, 0.29) is 23.0 Å². The molecule has 0 radical (unpaired) electrons.